The second-order valence-electron chi connectivity index (χ2n) is 3.58. The van der Waals surface area contributed by atoms with Gasteiger partial charge in [0.05, 0.1) is 0 Å². The number of nitrogens with one attached hydrogen (secondary N) is 1. The van der Waals surface area contributed by atoms with Gasteiger partial charge in [-0.25, -0.2) is 8.78 Å². The van der Waals surface area contributed by atoms with Gasteiger partial charge in [-0.15, -0.1) is 0 Å². The van der Waals surface area contributed by atoms with Crippen molar-refractivity contribution >= 4 is 17.4 Å². The lowest BCUT2D eigenvalue weighted by molar-refractivity contribution is -0.0563. The van der Waals surface area contributed by atoms with Crippen molar-refractivity contribution < 1.29 is 17.6 Å². The Kier molecular flexibility index (Phi) is 4.30. The van der Waals surface area contributed by atoms with Crippen LogP contribution in [-0.2, 0) is 0 Å². The van der Waals surface area contributed by atoms with Gasteiger partial charge < -0.3 is 5.32 Å². The molecule has 0 aliphatic heterocycles. The predicted octanol–water partition coefficient (Wildman–Crippen LogP) is 4.30. The monoisotopic (exact) mass is 267 g/mol. The number of halogens is 4. The number of rotatable bonds is 4. The van der Waals surface area contributed by atoms with E-state index in [2.05, 4.69) is 5.32 Å². The van der Waals surface area contributed by atoms with Gasteiger partial charge in [-0.2, -0.15) is 8.78 Å². The molecule has 0 fully saturated rings. The number of hydrogen-bond acceptors (Lipinski definition) is 2. The van der Waals surface area contributed by atoms with Crippen molar-refractivity contribution in [1.29, 1.82) is 0 Å². The van der Waals surface area contributed by atoms with Crippen molar-refractivity contribution in [3.8, 4) is 0 Å². The summed E-state index contributed by atoms with van der Waals surface area (Å²) in [6, 6.07) is 3.03. The average molecular weight is 267 g/mol. The molecule has 1 nitrogen and oxygen atoms in total. The van der Waals surface area contributed by atoms with Crippen LogP contribution in [0.4, 0.5) is 23.2 Å². The predicted molar refractivity (Wildman–Crippen MR) is 62.3 cm³/mol. The van der Waals surface area contributed by atoms with Crippen LogP contribution in [0.15, 0.2) is 17.0 Å². The number of alkyl halides is 4. The molecular weight excluding hydrogens is 254 g/mol. The van der Waals surface area contributed by atoms with Crippen molar-refractivity contribution in [2.45, 2.75) is 30.4 Å². The van der Waals surface area contributed by atoms with E-state index in [1.807, 2.05) is 0 Å². The highest BCUT2D eigenvalue weighted by molar-refractivity contribution is 8.00. The minimum Gasteiger partial charge on any atom is -0.388 e. The smallest absolute Gasteiger partial charge is 0.357 e. The summed E-state index contributed by atoms with van der Waals surface area (Å²) >= 11 is -0.0972. The molecule has 1 aromatic rings. The Morgan fingerprint density at radius 2 is 1.76 bits per heavy atom. The van der Waals surface area contributed by atoms with E-state index in [1.165, 1.54) is 6.07 Å². The van der Waals surface area contributed by atoms with Gasteiger partial charge in [0.2, 0.25) is 0 Å². The molecule has 0 aliphatic rings. The molecular formula is C11H13F4NS. The van der Waals surface area contributed by atoms with Crippen LogP contribution in [0.1, 0.15) is 11.1 Å². The second-order valence-corrected chi connectivity index (χ2v) is 4.76. The summed E-state index contributed by atoms with van der Waals surface area (Å²) in [5.74, 6) is 0. The van der Waals surface area contributed by atoms with Gasteiger partial charge in [0.15, 0.2) is 0 Å². The highest BCUT2D eigenvalue weighted by Crippen LogP contribution is 2.42. The summed E-state index contributed by atoms with van der Waals surface area (Å²) < 4.78 is 50.0. The van der Waals surface area contributed by atoms with Gasteiger partial charge in [0, 0.05) is 17.6 Å². The fourth-order valence-electron chi connectivity index (χ4n) is 1.37. The van der Waals surface area contributed by atoms with Gasteiger partial charge in [-0.1, -0.05) is 0 Å². The van der Waals surface area contributed by atoms with Gasteiger partial charge >= 0.3 is 11.7 Å². The first-order valence-electron chi connectivity index (χ1n) is 4.92. The largest absolute Gasteiger partial charge is 0.388 e. The maximum Gasteiger partial charge on any atom is 0.357 e. The van der Waals surface area contributed by atoms with E-state index >= 15 is 0 Å². The third-order valence-electron chi connectivity index (χ3n) is 2.51. The van der Waals surface area contributed by atoms with E-state index in [9.17, 15) is 17.6 Å². The van der Waals surface area contributed by atoms with Crippen molar-refractivity contribution in [1.82, 2.24) is 0 Å². The van der Waals surface area contributed by atoms with E-state index in [0.717, 1.165) is 11.3 Å². The third kappa shape index (κ3) is 3.06. The minimum atomic E-state index is -4.06. The van der Waals surface area contributed by atoms with Crippen molar-refractivity contribution in [2.75, 3.05) is 12.4 Å². The van der Waals surface area contributed by atoms with Crippen molar-refractivity contribution in [3.63, 3.8) is 0 Å². The van der Waals surface area contributed by atoms with Crippen LogP contribution in [-0.4, -0.2) is 18.7 Å². The SMILES string of the molecule is CNc1ccc(SC(F)(F)C(F)F)c(C)c1C. The summed E-state index contributed by atoms with van der Waals surface area (Å²) in [5, 5.41) is -1.15. The summed E-state index contributed by atoms with van der Waals surface area (Å²) in [4.78, 5) is 0.173. The molecule has 1 aromatic carbocycles. The zero-order chi connectivity index (χ0) is 13.2. The first kappa shape index (κ1) is 14.2. The molecule has 96 valence electrons. The minimum absolute atomic E-state index is 0.0972. The third-order valence-corrected chi connectivity index (χ3v) is 3.62. The molecule has 0 saturated carbocycles. The summed E-state index contributed by atoms with van der Waals surface area (Å²) in [6.45, 7) is 3.39. The van der Waals surface area contributed by atoms with Crippen LogP contribution < -0.4 is 5.32 Å². The Balaban J connectivity index is 3.05. The van der Waals surface area contributed by atoms with Gasteiger partial charge in [-0.3, -0.25) is 0 Å². The van der Waals surface area contributed by atoms with Crippen LogP contribution in [0.5, 0.6) is 0 Å². The van der Waals surface area contributed by atoms with Gasteiger partial charge in [0.1, 0.15) is 0 Å². The molecule has 0 spiro atoms. The Bertz CT molecular complexity index is 407. The van der Waals surface area contributed by atoms with Gasteiger partial charge in [-0.05, 0) is 48.9 Å². The normalized spacial score (nSPS) is 12.0. The quantitative estimate of drug-likeness (QED) is 0.645. The first-order valence-corrected chi connectivity index (χ1v) is 5.74. The molecule has 0 bridgehead atoms. The molecule has 0 aromatic heterocycles. The fourth-order valence-corrected chi connectivity index (χ4v) is 2.19. The maximum absolute atomic E-state index is 12.9. The molecule has 0 radical (unpaired) electrons. The van der Waals surface area contributed by atoms with Gasteiger partial charge in [0.25, 0.3) is 0 Å². The molecule has 0 saturated heterocycles. The molecule has 0 amide bonds. The molecule has 1 N–H and O–H groups in total. The van der Waals surface area contributed by atoms with Crippen molar-refractivity contribution in [3.05, 3.63) is 23.3 Å². The van der Waals surface area contributed by atoms with Crippen LogP contribution in [0, 0.1) is 13.8 Å². The lowest BCUT2D eigenvalue weighted by atomic mass is 10.1. The number of anilines is 1. The number of hydrogen-bond donors (Lipinski definition) is 1. The van der Waals surface area contributed by atoms with Crippen LogP contribution in [0.2, 0.25) is 0 Å². The fraction of sp³-hybridized carbons (Fsp3) is 0.455. The molecule has 1 rings (SSSR count). The topological polar surface area (TPSA) is 12.0 Å². The standard InChI is InChI=1S/C11H13F4NS/c1-6-7(2)9(5-4-8(6)16-3)17-11(14,15)10(12)13/h4-5,10,16H,1-3H3. The van der Waals surface area contributed by atoms with E-state index < -0.39 is 11.7 Å². The Morgan fingerprint density at radius 1 is 1.18 bits per heavy atom. The Hall–Kier alpha value is -0.910. The summed E-state index contributed by atoms with van der Waals surface area (Å²) in [6.07, 6.45) is -3.67. The molecule has 0 unspecified atom stereocenters. The molecule has 0 aliphatic carbocycles. The lowest BCUT2D eigenvalue weighted by Crippen LogP contribution is -2.21. The van der Waals surface area contributed by atoms with E-state index in [4.69, 9.17) is 0 Å². The summed E-state index contributed by atoms with van der Waals surface area (Å²) in [5.41, 5.74) is 2.16. The van der Waals surface area contributed by atoms with Crippen LogP contribution in [0.25, 0.3) is 0 Å². The zero-order valence-corrected chi connectivity index (χ0v) is 10.5. The highest BCUT2D eigenvalue weighted by atomic mass is 32.2. The molecule has 6 heteroatoms. The van der Waals surface area contributed by atoms with Crippen LogP contribution >= 0.6 is 11.8 Å². The second kappa shape index (κ2) is 5.16. The molecule has 0 heterocycles. The molecule has 17 heavy (non-hydrogen) atoms. The number of thioether (sulfide) groups is 1. The summed E-state index contributed by atoms with van der Waals surface area (Å²) in [7, 11) is 1.71. The highest BCUT2D eigenvalue weighted by Gasteiger charge is 2.42. The Labute approximate surface area is 102 Å². The average Bonchev–Trinajstić information content (AvgIpc) is 2.25. The first-order chi connectivity index (χ1) is 7.79. The van der Waals surface area contributed by atoms with Crippen LogP contribution in [0.3, 0.4) is 0 Å². The number of benzene rings is 1. The Morgan fingerprint density at radius 3 is 2.24 bits per heavy atom. The van der Waals surface area contributed by atoms with E-state index in [1.54, 1.807) is 27.0 Å². The molecule has 0 atom stereocenters. The van der Waals surface area contributed by atoms with E-state index in [-0.39, 0.29) is 16.7 Å². The van der Waals surface area contributed by atoms with Crippen molar-refractivity contribution in [2.24, 2.45) is 0 Å². The lowest BCUT2D eigenvalue weighted by Gasteiger charge is -2.18. The zero-order valence-electron chi connectivity index (χ0n) is 9.65. The maximum atomic E-state index is 12.9. The van der Waals surface area contributed by atoms with E-state index in [0.29, 0.717) is 5.56 Å².